The van der Waals surface area contributed by atoms with Crippen molar-refractivity contribution in [2.24, 2.45) is 0 Å². The first-order valence-electron chi connectivity index (χ1n) is 10.6. The van der Waals surface area contributed by atoms with Crippen LogP contribution in [-0.2, 0) is 4.74 Å². The number of nitrogens with zero attached hydrogens (tertiary/aromatic N) is 4. The summed E-state index contributed by atoms with van der Waals surface area (Å²) in [4.78, 5) is 19.5. The van der Waals surface area contributed by atoms with Gasteiger partial charge in [0.1, 0.15) is 5.69 Å². The van der Waals surface area contributed by atoms with Crippen molar-refractivity contribution in [3.05, 3.63) is 72.2 Å². The van der Waals surface area contributed by atoms with E-state index in [9.17, 15) is 0 Å². The fourth-order valence-corrected chi connectivity index (χ4v) is 3.97. The molecule has 4 heterocycles. The van der Waals surface area contributed by atoms with Gasteiger partial charge in [-0.1, -0.05) is 18.2 Å². The van der Waals surface area contributed by atoms with Crippen LogP contribution in [0.1, 0.15) is 11.1 Å². The zero-order valence-electron chi connectivity index (χ0n) is 17.8. The number of hydrogen-bond donors (Lipinski definition) is 1. The van der Waals surface area contributed by atoms with Gasteiger partial charge in [0, 0.05) is 42.3 Å². The molecular formula is C25H25N5O. The number of H-pyrrole nitrogens is 1. The predicted molar refractivity (Wildman–Crippen MR) is 123 cm³/mol. The summed E-state index contributed by atoms with van der Waals surface area (Å²) >= 11 is 0. The van der Waals surface area contributed by atoms with Crippen LogP contribution in [0.25, 0.3) is 34.0 Å². The quantitative estimate of drug-likeness (QED) is 0.529. The van der Waals surface area contributed by atoms with Crippen molar-refractivity contribution in [1.29, 1.82) is 0 Å². The van der Waals surface area contributed by atoms with E-state index >= 15 is 0 Å². The van der Waals surface area contributed by atoms with Crippen molar-refractivity contribution in [2.45, 2.75) is 13.8 Å². The van der Waals surface area contributed by atoms with Gasteiger partial charge in [-0.2, -0.15) is 0 Å². The third-order valence-corrected chi connectivity index (χ3v) is 5.63. The first-order valence-corrected chi connectivity index (χ1v) is 10.6. The number of aromatic nitrogens is 4. The van der Waals surface area contributed by atoms with Gasteiger partial charge in [-0.25, -0.2) is 4.98 Å². The van der Waals surface area contributed by atoms with Crippen LogP contribution in [0.5, 0.6) is 0 Å². The summed E-state index contributed by atoms with van der Waals surface area (Å²) in [5, 5.41) is 0. The molecule has 1 N–H and O–H groups in total. The molecule has 5 rings (SSSR count). The van der Waals surface area contributed by atoms with Crippen LogP contribution in [0.4, 0.5) is 5.69 Å². The van der Waals surface area contributed by atoms with E-state index in [0.717, 1.165) is 71.5 Å². The summed E-state index contributed by atoms with van der Waals surface area (Å²) in [6.45, 7) is 7.55. The molecule has 31 heavy (non-hydrogen) atoms. The summed E-state index contributed by atoms with van der Waals surface area (Å²) in [6.07, 6.45) is 5.57. The number of aryl methyl sites for hydroxylation is 2. The molecule has 6 nitrogen and oxygen atoms in total. The molecule has 1 aliphatic rings. The third kappa shape index (κ3) is 4.07. The van der Waals surface area contributed by atoms with Gasteiger partial charge in [0.05, 0.1) is 30.8 Å². The minimum absolute atomic E-state index is 0.778. The number of pyridine rings is 2. The average molecular weight is 412 g/mol. The first-order chi connectivity index (χ1) is 15.2. The first kappa shape index (κ1) is 19.5. The molecule has 0 aliphatic carbocycles. The number of aromatic amines is 1. The Kier molecular flexibility index (Phi) is 5.22. The molecule has 0 spiro atoms. The highest BCUT2D eigenvalue weighted by molar-refractivity contribution is 5.71. The maximum absolute atomic E-state index is 5.45. The van der Waals surface area contributed by atoms with Crippen molar-refractivity contribution in [1.82, 2.24) is 19.9 Å². The number of nitrogens with one attached hydrogen (secondary N) is 1. The second-order valence-electron chi connectivity index (χ2n) is 7.90. The van der Waals surface area contributed by atoms with Gasteiger partial charge < -0.3 is 14.6 Å². The number of benzene rings is 1. The molecule has 0 bridgehead atoms. The normalized spacial score (nSPS) is 14.1. The number of rotatable bonds is 4. The summed E-state index contributed by atoms with van der Waals surface area (Å²) in [5.74, 6) is 0.778. The molecule has 0 saturated carbocycles. The third-order valence-electron chi connectivity index (χ3n) is 5.63. The smallest absolute Gasteiger partial charge is 0.156 e. The number of imidazole rings is 1. The molecule has 3 aromatic heterocycles. The summed E-state index contributed by atoms with van der Waals surface area (Å²) in [5.41, 5.74) is 8.38. The zero-order chi connectivity index (χ0) is 21.2. The Hall–Kier alpha value is -3.51. The van der Waals surface area contributed by atoms with E-state index in [4.69, 9.17) is 4.74 Å². The molecule has 1 saturated heterocycles. The molecule has 1 aliphatic heterocycles. The second kappa shape index (κ2) is 8.32. The minimum Gasteiger partial charge on any atom is -0.378 e. The Morgan fingerprint density at radius 1 is 0.871 bits per heavy atom. The van der Waals surface area contributed by atoms with Gasteiger partial charge in [-0.15, -0.1) is 0 Å². The van der Waals surface area contributed by atoms with Crippen molar-refractivity contribution in [3.8, 4) is 34.0 Å². The van der Waals surface area contributed by atoms with E-state index < -0.39 is 0 Å². The topological polar surface area (TPSA) is 66.9 Å². The lowest BCUT2D eigenvalue weighted by Crippen LogP contribution is -2.36. The van der Waals surface area contributed by atoms with Crippen molar-refractivity contribution in [2.75, 3.05) is 31.2 Å². The van der Waals surface area contributed by atoms with Crippen LogP contribution in [0.3, 0.4) is 0 Å². The van der Waals surface area contributed by atoms with Crippen LogP contribution in [0, 0.1) is 13.8 Å². The molecule has 0 radical (unpaired) electrons. The predicted octanol–water partition coefficient (Wildman–Crippen LogP) is 4.65. The highest BCUT2D eigenvalue weighted by Crippen LogP contribution is 2.27. The molecule has 4 aromatic rings. The Morgan fingerprint density at radius 3 is 2.45 bits per heavy atom. The van der Waals surface area contributed by atoms with E-state index in [1.165, 1.54) is 5.69 Å². The zero-order valence-corrected chi connectivity index (χ0v) is 17.8. The lowest BCUT2D eigenvalue weighted by Gasteiger charge is -2.28. The van der Waals surface area contributed by atoms with Crippen molar-refractivity contribution >= 4 is 5.69 Å². The highest BCUT2D eigenvalue weighted by Gasteiger charge is 2.13. The van der Waals surface area contributed by atoms with Crippen LogP contribution in [0.2, 0.25) is 0 Å². The lowest BCUT2D eigenvalue weighted by molar-refractivity contribution is 0.122. The maximum atomic E-state index is 5.45. The Balaban J connectivity index is 1.40. The molecule has 156 valence electrons. The van der Waals surface area contributed by atoms with Gasteiger partial charge >= 0.3 is 0 Å². The Labute approximate surface area is 182 Å². The fourth-order valence-electron chi connectivity index (χ4n) is 3.97. The van der Waals surface area contributed by atoms with Gasteiger partial charge in [-0.3, -0.25) is 9.97 Å². The van der Waals surface area contributed by atoms with E-state index in [1.54, 1.807) is 0 Å². The second-order valence-corrected chi connectivity index (χ2v) is 7.90. The molecule has 0 unspecified atom stereocenters. The fraction of sp³-hybridized carbons (Fsp3) is 0.240. The van der Waals surface area contributed by atoms with Crippen LogP contribution in [-0.4, -0.2) is 46.2 Å². The van der Waals surface area contributed by atoms with Gasteiger partial charge in [0.15, 0.2) is 5.82 Å². The average Bonchev–Trinajstić information content (AvgIpc) is 3.30. The van der Waals surface area contributed by atoms with Crippen LogP contribution < -0.4 is 4.90 Å². The number of anilines is 1. The van der Waals surface area contributed by atoms with E-state index in [2.05, 4.69) is 68.2 Å². The maximum Gasteiger partial charge on any atom is 0.156 e. The van der Waals surface area contributed by atoms with Crippen molar-refractivity contribution in [3.63, 3.8) is 0 Å². The number of morpholine rings is 1. The summed E-state index contributed by atoms with van der Waals surface area (Å²) in [6, 6.07) is 14.8. The number of ether oxygens (including phenoxy) is 1. The van der Waals surface area contributed by atoms with Gasteiger partial charge in [0.25, 0.3) is 0 Å². The molecular weight excluding hydrogens is 386 g/mol. The minimum atomic E-state index is 0.778. The lowest BCUT2D eigenvalue weighted by atomic mass is 10.1. The molecule has 0 amide bonds. The molecule has 1 aromatic carbocycles. The van der Waals surface area contributed by atoms with E-state index in [-0.39, 0.29) is 0 Å². The highest BCUT2D eigenvalue weighted by atomic mass is 16.5. The van der Waals surface area contributed by atoms with Crippen LogP contribution >= 0.6 is 0 Å². The monoisotopic (exact) mass is 411 g/mol. The standard InChI is InChI=1S/C25H25N5O/c1-17-13-18(2)24(27-15-17)25-28-16-23(29-25)20-7-8-26-22(14-20)19-3-5-21(6-4-19)30-9-11-31-12-10-30/h3-8,13-16H,9-12H2,1-2H3,(H,28,29). The molecule has 6 heteroatoms. The molecule has 1 fully saturated rings. The largest absolute Gasteiger partial charge is 0.378 e. The van der Waals surface area contributed by atoms with E-state index in [1.807, 2.05) is 31.6 Å². The SMILES string of the molecule is Cc1cnc(-c2ncc(-c3ccnc(-c4ccc(N5CCOCC5)cc4)c3)[nH]2)c(C)c1. The van der Waals surface area contributed by atoms with E-state index in [0.29, 0.717) is 0 Å². The summed E-state index contributed by atoms with van der Waals surface area (Å²) < 4.78 is 5.45. The van der Waals surface area contributed by atoms with Gasteiger partial charge in [0.2, 0.25) is 0 Å². The van der Waals surface area contributed by atoms with Crippen molar-refractivity contribution < 1.29 is 4.74 Å². The molecule has 0 atom stereocenters. The Bertz CT molecular complexity index is 1190. The summed E-state index contributed by atoms with van der Waals surface area (Å²) in [7, 11) is 0. The Morgan fingerprint density at radius 2 is 1.68 bits per heavy atom. The van der Waals surface area contributed by atoms with Crippen LogP contribution in [0.15, 0.2) is 61.1 Å². The van der Waals surface area contributed by atoms with Gasteiger partial charge in [-0.05, 0) is 49.2 Å². The number of hydrogen-bond acceptors (Lipinski definition) is 5.